The molecule has 4 rings (SSSR count). The SMILES string of the molecule is c1ccc(C2CCCN2CC2CNC2)c(C2CC2)c1. The zero-order chi connectivity index (χ0) is 12.7. The number of nitrogens with zero attached hydrogens (tertiary/aromatic N) is 1. The Labute approximate surface area is 116 Å². The predicted molar refractivity (Wildman–Crippen MR) is 78.3 cm³/mol. The third-order valence-electron chi connectivity index (χ3n) is 5.09. The van der Waals surface area contributed by atoms with E-state index in [0.717, 1.165) is 11.8 Å². The number of hydrogen-bond donors (Lipinski definition) is 1. The molecule has 3 aliphatic rings. The van der Waals surface area contributed by atoms with Crippen molar-refractivity contribution in [3.05, 3.63) is 35.4 Å². The molecule has 0 aromatic heterocycles. The van der Waals surface area contributed by atoms with E-state index in [4.69, 9.17) is 0 Å². The van der Waals surface area contributed by atoms with Crippen molar-refractivity contribution < 1.29 is 0 Å². The summed E-state index contributed by atoms with van der Waals surface area (Å²) in [7, 11) is 0. The van der Waals surface area contributed by atoms with Crippen molar-refractivity contribution in [3.8, 4) is 0 Å². The van der Waals surface area contributed by atoms with E-state index in [1.165, 1.54) is 51.9 Å². The lowest BCUT2D eigenvalue weighted by atomic mass is 9.94. The number of hydrogen-bond acceptors (Lipinski definition) is 2. The van der Waals surface area contributed by atoms with Gasteiger partial charge in [0.1, 0.15) is 0 Å². The largest absolute Gasteiger partial charge is 0.316 e. The maximum atomic E-state index is 3.40. The monoisotopic (exact) mass is 256 g/mol. The minimum Gasteiger partial charge on any atom is -0.316 e. The lowest BCUT2D eigenvalue weighted by molar-refractivity contribution is 0.180. The first-order valence-corrected chi connectivity index (χ1v) is 7.95. The van der Waals surface area contributed by atoms with E-state index in [-0.39, 0.29) is 0 Å². The van der Waals surface area contributed by atoms with Crippen molar-refractivity contribution in [2.45, 2.75) is 37.6 Å². The average molecular weight is 256 g/mol. The van der Waals surface area contributed by atoms with E-state index in [1.807, 2.05) is 0 Å². The zero-order valence-electron chi connectivity index (χ0n) is 11.6. The second-order valence-electron chi connectivity index (χ2n) is 6.58. The molecule has 102 valence electrons. The molecule has 0 amide bonds. The lowest BCUT2D eigenvalue weighted by Gasteiger charge is -2.34. The summed E-state index contributed by atoms with van der Waals surface area (Å²) in [4.78, 5) is 2.76. The van der Waals surface area contributed by atoms with Crippen molar-refractivity contribution in [2.75, 3.05) is 26.2 Å². The topological polar surface area (TPSA) is 15.3 Å². The van der Waals surface area contributed by atoms with Crippen LogP contribution < -0.4 is 5.32 Å². The summed E-state index contributed by atoms with van der Waals surface area (Å²) in [6, 6.07) is 9.95. The van der Waals surface area contributed by atoms with Crippen LogP contribution in [0.15, 0.2) is 24.3 Å². The molecule has 1 unspecified atom stereocenters. The molecule has 0 bridgehead atoms. The van der Waals surface area contributed by atoms with Crippen LogP contribution in [0.1, 0.15) is 48.8 Å². The van der Waals surface area contributed by atoms with Crippen molar-refractivity contribution in [1.82, 2.24) is 10.2 Å². The quantitative estimate of drug-likeness (QED) is 0.891. The van der Waals surface area contributed by atoms with Gasteiger partial charge in [0.25, 0.3) is 0 Å². The maximum absolute atomic E-state index is 3.40. The van der Waals surface area contributed by atoms with E-state index >= 15 is 0 Å². The lowest BCUT2D eigenvalue weighted by Crippen LogP contribution is -2.48. The van der Waals surface area contributed by atoms with Crippen LogP contribution in [-0.2, 0) is 0 Å². The highest BCUT2D eigenvalue weighted by Crippen LogP contribution is 2.45. The van der Waals surface area contributed by atoms with Crippen molar-refractivity contribution in [2.24, 2.45) is 5.92 Å². The molecule has 3 fully saturated rings. The van der Waals surface area contributed by atoms with Crippen molar-refractivity contribution >= 4 is 0 Å². The van der Waals surface area contributed by atoms with Crippen LogP contribution in [0.2, 0.25) is 0 Å². The second-order valence-corrected chi connectivity index (χ2v) is 6.58. The minimum absolute atomic E-state index is 0.706. The average Bonchev–Trinajstić information content (AvgIpc) is 3.13. The van der Waals surface area contributed by atoms with E-state index in [2.05, 4.69) is 34.5 Å². The Kier molecular flexibility index (Phi) is 3.08. The fraction of sp³-hybridized carbons (Fsp3) is 0.647. The molecule has 2 aliphatic heterocycles. The molecule has 1 saturated carbocycles. The molecule has 1 aromatic rings. The van der Waals surface area contributed by atoms with Crippen LogP contribution in [0.4, 0.5) is 0 Å². The molecule has 0 spiro atoms. The summed E-state index contributed by atoms with van der Waals surface area (Å²) in [5, 5.41) is 3.40. The van der Waals surface area contributed by atoms with Gasteiger partial charge in [-0.05, 0) is 55.2 Å². The van der Waals surface area contributed by atoms with Crippen molar-refractivity contribution in [3.63, 3.8) is 0 Å². The van der Waals surface area contributed by atoms with Crippen LogP contribution in [-0.4, -0.2) is 31.1 Å². The molecule has 1 N–H and O–H groups in total. The fourth-order valence-electron chi connectivity index (χ4n) is 3.79. The first-order valence-electron chi connectivity index (χ1n) is 7.95. The van der Waals surface area contributed by atoms with Gasteiger partial charge in [0.2, 0.25) is 0 Å². The highest BCUT2D eigenvalue weighted by atomic mass is 15.2. The zero-order valence-corrected chi connectivity index (χ0v) is 11.6. The summed E-state index contributed by atoms with van der Waals surface area (Å²) in [6.07, 6.45) is 5.57. The van der Waals surface area contributed by atoms with Gasteiger partial charge >= 0.3 is 0 Å². The second kappa shape index (κ2) is 4.92. The molecule has 2 heteroatoms. The predicted octanol–water partition coefficient (Wildman–Crippen LogP) is 2.92. The Hall–Kier alpha value is -0.860. The third-order valence-corrected chi connectivity index (χ3v) is 5.09. The molecule has 1 aliphatic carbocycles. The maximum Gasteiger partial charge on any atom is 0.0351 e. The minimum atomic E-state index is 0.706. The standard InChI is InChI=1S/C17H24N2/c1-2-5-16(15(4-1)14-7-8-14)17-6-3-9-19(17)12-13-10-18-11-13/h1-2,4-5,13-14,17-18H,3,6-12H2. The van der Waals surface area contributed by atoms with E-state index < -0.39 is 0 Å². The van der Waals surface area contributed by atoms with E-state index in [9.17, 15) is 0 Å². The highest BCUT2D eigenvalue weighted by molar-refractivity contribution is 5.36. The Morgan fingerprint density at radius 3 is 2.53 bits per heavy atom. The smallest absolute Gasteiger partial charge is 0.0351 e. The molecule has 2 nitrogen and oxygen atoms in total. The Balaban J connectivity index is 1.56. The van der Waals surface area contributed by atoms with Crippen LogP contribution in [0.25, 0.3) is 0 Å². The van der Waals surface area contributed by atoms with Gasteiger partial charge in [0.15, 0.2) is 0 Å². The summed E-state index contributed by atoms with van der Waals surface area (Å²) >= 11 is 0. The highest BCUT2D eigenvalue weighted by Gasteiger charge is 2.34. The molecule has 19 heavy (non-hydrogen) atoms. The summed E-state index contributed by atoms with van der Waals surface area (Å²) < 4.78 is 0. The van der Waals surface area contributed by atoms with Gasteiger partial charge in [-0.3, -0.25) is 4.90 Å². The van der Waals surface area contributed by atoms with Gasteiger partial charge in [-0.15, -0.1) is 0 Å². The number of rotatable bonds is 4. The van der Waals surface area contributed by atoms with Gasteiger partial charge in [-0.25, -0.2) is 0 Å². The van der Waals surface area contributed by atoms with Gasteiger partial charge in [0, 0.05) is 25.7 Å². The summed E-state index contributed by atoms with van der Waals surface area (Å²) in [5.41, 5.74) is 3.31. The number of likely N-dealkylation sites (tertiary alicyclic amines) is 1. The molecule has 2 heterocycles. The van der Waals surface area contributed by atoms with E-state index in [0.29, 0.717) is 6.04 Å². The Morgan fingerprint density at radius 2 is 1.84 bits per heavy atom. The summed E-state index contributed by atoms with van der Waals surface area (Å²) in [5.74, 6) is 1.78. The van der Waals surface area contributed by atoms with Gasteiger partial charge in [0.05, 0.1) is 0 Å². The number of nitrogens with one attached hydrogen (secondary N) is 1. The van der Waals surface area contributed by atoms with Crippen molar-refractivity contribution in [1.29, 1.82) is 0 Å². The molecule has 1 aromatic carbocycles. The molecule has 2 saturated heterocycles. The van der Waals surface area contributed by atoms with Crippen LogP contribution >= 0.6 is 0 Å². The molecule has 0 radical (unpaired) electrons. The summed E-state index contributed by atoms with van der Waals surface area (Å²) in [6.45, 7) is 5.07. The first kappa shape index (κ1) is 11.9. The number of benzene rings is 1. The fourth-order valence-corrected chi connectivity index (χ4v) is 3.79. The van der Waals surface area contributed by atoms with Gasteiger partial charge in [-0.1, -0.05) is 24.3 Å². The van der Waals surface area contributed by atoms with Crippen LogP contribution in [0.3, 0.4) is 0 Å². The van der Waals surface area contributed by atoms with Gasteiger partial charge < -0.3 is 5.32 Å². The van der Waals surface area contributed by atoms with Gasteiger partial charge in [-0.2, -0.15) is 0 Å². The molecular formula is C17H24N2. The third kappa shape index (κ3) is 2.32. The Bertz CT molecular complexity index is 448. The van der Waals surface area contributed by atoms with Crippen LogP contribution in [0, 0.1) is 5.92 Å². The van der Waals surface area contributed by atoms with E-state index in [1.54, 1.807) is 11.1 Å². The Morgan fingerprint density at radius 1 is 1.05 bits per heavy atom. The first-order chi connectivity index (χ1) is 9.42. The van der Waals surface area contributed by atoms with Crippen LogP contribution in [0.5, 0.6) is 0 Å². The normalized spacial score (nSPS) is 28.5. The molecule has 1 atom stereocenters. The molecular weight excluding hydrogens is 232 g/mol.